The molecule has 0 saturated carbocycles. The Morgan fingerprint density at radius 3 is 2.60 bits per heavy atom. The van der Waals surface area contributed by atoms with Gasteiger partial charge in [-0.25, -0.2) is 10.2 Å². The number of nitro benzene ring substituents is 1. The van der Waals surface area contributed by atoms with Gasteiger partial charge < -0.3 is 4.74 Å². The molecule has 0 aliphatic heterocycles. The Morgan fingerprint density at radius 2 is 2.15 bits per heavy atom. The third kappa shape index (κ3) is 3.64. The second kappa shape index (κ2) is 6.62. The lowest BCUT2D eigenvalue weighted by Crippen LogP contribution is -2.44. The summed E-state index contributed by atoms with van der Waals surface area (Å²) in [6.07, 6.45) is -1.07. The molecule has 0 radical (unpaired) electrons. The molecule has 0 aromatic heterocycles. The summed E-state index contributed by atoms with van der Waals surface area (Å²) >= 11 is 2.85. The molecule has 0 heterocycles. The lowest BCUT2D eigenvalue weighted by molar-refractivity contribution is -0.386. The predicted octanol–water partition coefficient (Wildman–Crippen LogP) is 1.89. The second-order valence-corrected chi connectivity index (χ2v) is 5.14. The maximum atomic E-state index is 13.5. The molecule has 20 heavy (non-hydrogen) atoms. The van der Waals surface area contributed by atoms with E-state index in [1.807, 2.05) is 5.43 Å². The molecule has 1 aromatic carbocycles. The van der Waals surface area contributed by atoms with Crippen LogP contribution >= 0.6 is 15.9 Å². The Labute approximate surface area is 122 Å². The summed E-state index contributed by atoms with van der Waals surface area (Å²) in [6, 6.07) is 1.82. The van der Waals surface area contributed by atoms with E-state index in [1.165, 1.54) is 0 Å². The second-order valence-electron chi connectivity index (χ2n) is 4.28. The fraction of sp³-hybridized carbons (Fsp3) is 0.364. The molecule has 0 aliphatic rings. The lowest BCUT2D eigenvalue weighted by Gasteiger charge is -2.20. The highest BCUT2D eigenvalue weighted by Gasteiger charge is 2.28. The lowest BCUT2D eigenvalue weighted by atomic mass is 10.1. The molecule has 1 aromatic rings. The van der Waals surface area contributed by atoms with E-state index >= 15 is 0 Å². The Balaban J connectivity index is 3.21. The zero-order valence-electron chi connectivity index (χ0n) is 10.7. The smallest absolute Gasteiger partial charge is 0.312 e. The van der Waals surface area contributed by atoms with Crippen molar-refractivity contribution in [3.63, 3.8) is 0 Å². The molecule has 7 nitrogen and oxygen atoms in total. The van der Waals surface area contributed by atoms with Crippen molar-refractivity contribution in [3.8, 4) is 5.75 Å². The first-order chi connectivity index (χ1) is 9.27. The molecule has 1 atom stereocenters. The number of carbonyl (C=O) groups is 1. The predicted molar refractivity (Wildman–Crippen MR) is 72.3 cm³/mol. The van der Waals surface area contributed by atoms with E-state index < -0.39 is 28.4 Å². The molecule has 110 valence electrons. The van der Waals surface area contributed by atoms with Gasteiger partial charge in [0, 0.05) is 12.1 Å². The topological polar surface area (TPSA) is 107 Å². The van der Waals surface area contributed by atoms with Crippen molar-refractivity contribution in [1.82, 2.24) is 5.43 Å². The van der Waals surface area contributed by atoms with Crippen LogP contribution in [0.2, 0.25) is 0 Å². The molecule has 0 fully saturated rings. The van der Waals surface area contributed by atoms with Crippen LogP contribution in [0.3, 0.4) is 0 Å². The molecule has 9 heteroatoms. The van der Waals surface area contributed by atoms with Crippen molar-refractivity contribution in [3.05, 3.63) is 32.5 Å². The Kier molecular flexibility index (Phi) is 5.40. The minimum atomic E-state index is -1.07. The number of carbonyl (C=O) groups excluding carboxylic acids is 1. The van der Waals surface area contributed by atoms with Crippen LogP contribution < -0.4 is 16.0 Å². The number of ether oxygens (including phenoxy) is 1. The zero-order chi connectivity index (χ0) is 15.4. The number of hydrogen-bond acceptors (Lipinski definition) is 5. The Morgan fingerprint density at radius 1 is 1.55 bits per heavy atom. The maximum Gasteiger partial charge on any atom is 0.312 e. The Bertz CT molecular complexity index is 539. The summed E-state index contributed by atoms with van der Waals surface area (Å²) in [5.74, 6) is 2.98. The number of rotatable bonds is 5. The standard InChI is InChI=1S/C11H13BrFN3O4/c1-5(2)10(11(17)15-14)20-9-4-7(13)6(12)3-8(9)16(18)19/h3-5,10H,14H2,1-2H3,(H,15,17). The highest BCUT2D eigenvalue weighted by Crippen LogP contribution is 2.33. The summed E-state index contributed by atoms with van der Waals surface area (Å²) < 4.78 is 18.7. The van der Waals surface area contributed by atoms with E-state index in [0.29, 0.717) is 0 Å². The third-order valence-corrected chi connectivity index (χ3v) is 3.07. The number of benzene rings is 1. The van der Waals surface area contributed by atoms with Crippen LogP contribution in [-0.4, -0.2) is 16.9 Å². The Hall–Kier alpha value is -1.74. The van der Waals surface area contributed by atoms with Crippen LogP contribution in [0.15, 0.2) is 16.6 Å². The van der Waals surface area contributed by atoms with Crippen LogP contribution in [0.5, 0.6) is 5.75 Å². The van der Waals surface area contributed by atoms with Gasteiger partial charge >= 0.3 is 5.69 Å². The number of nitrogens with zero attached hydrogens (tertiary/aromatic N) is 1. The molecule has 1 amide bonds. The monoisotopic (exact) mass is 349 g/mol. The normalized spacial score (nSPS) is 12.1. The first kappa shape index (κ1) is 16.3. The minimum Gasteiger partial charge on any atom is -0.473 e. The molecule has 1 unspecified atom stereocenters. The van der Waals surface area contributed by atoms with E-state index in [2.05, 4.69) is 15.9 Å². The fourth-order valence-corrected chi connectivity index (χ4v) is 1.80. The molecular formula is C11H13BrFN3O4. The highest BCUT2D eigenvalue weighted by atomic mass is 79.9. The number of halogens is 2. The van der Waals surface area contributed by atoms with E-state index in [9.17, 15) is 19.3 Å². The molecular weight excluding hydrogens is 337 g/mol. The molecule has 0 aliphatic carbocycles. The minimum absolute atomic E-state index is 0.0686. The van der Waals surface area contributed by atoms with E-state index in [0.717, 1.165) is 12.1 Å². The van der Waals surface area contributed by atoms with Crippen molar-refractivity contribution < 1.29 is 18.8 Å². The molecule has 0 spiro atoms. The van der Waals surface area contributed by atoms with E-state index in [-0.39, 0.29) is 16.1 Å². The first-order valence-corrected chi connectivity index (χ1v) is 6.37. The maximum absolute atomic E-state index is 13.5. The number of nitro groups is 1. The quantitative estimate of drug-likeness (QED) is 0.365. The van der Waals surface area contributed by atoms with Crippen molar-refractivity contribution in [2.45, 2.75) is 20.0 Å². The van der Waals surface area contributed by atoms with Crippen LogP contribution in [0.1, 0.15) is 13.8 Å². The number of hydrazine groups is 1. The molecule has 0 bridgehead atoms. The van der Waals surface area contributed by atoms with Gasteiger partial charge in [-0.3, -0.25) is 20.3 Å². The van der Waals surface area contributed by atoms with Gasteiger partial charge in [-0.05, 0) is 21.8 Å². The van der Waals surface area contributed by atoms with Gasteiger partial charge in [0.15, 0.2) is 6.10 Å². The molecule has 3 N–H and O–H groups in total. The van der Waals surface area contributed by atoms with Crippen LogP contribution in [0.25, 0.3) is 0 Å². The number of hydrogen-bond donors (Lipinski definition) is 2. The number of amides is 1. The average molecular weight is 350 g/mol. The SMILES string of the molecule is CC(C)C(Oc1cc(F)c(Br)cc1[N+](=O)[O-])C(=O)NN. The van der Waals surface area contributed by atoms with Gasteiger partial charge in [-0.2, -0.15) is 0 Å². The third-order valence-electron chi connectivity index (χ3n) is 2.46. The largest absolute Gasteiger partial charge is 0.473 e. The van der Waals surface area contributed by atoms with Crippen molar-refractivity contribution in [2.75, 3.05) is 0 Å². The van der Waals surface area contributed by atoms with Crippen molar-refractivity contribution in [2.24, 2.45) is 11.8 Å². The van der Waals surface area contributed by atoms with Crippen molar-refractivity contribution >= 4 is 27.5 Å². The van der Waals surface area contributed by atoms with Crippen LogP contribution in [0.4, 0.5) is 10.1 Å². The number of nitrogens with one attached hydrogen (secondary N) is 1. The zero-order valence-corrected chi connectivity index (χ0v) is 12.3. The van der Waals surface area contributed by atoms with Crippen LogP contribution in [0, 0.1) is 21.8 Å². The van der Waals surface area contributed by atoms with Gasteiger partial charge in [-0.1, -0.05) is 13.8 Å². The van der Waals surface area contributed by atoms with Gasteiger partial charge in [0.05, 0.1) is 9.40 Å². The first-order valence-electron chi connectivity index (χ1n) is 5.58. The summed E-state index contributed by atoms with van der Waals surface area (Å²) in [4.78, 5) is 21.8. The summed E-state index contributed by atoms with van der Waals surface area (Å²) in [6.45, 7) is 3.34. The van der Waals surface area contributed by atoms with Gasteiger partial charge in [-0.15, -0.1) is 0 Å². The molecule has 1 rings (SSSR count). The highest BCUT2D eigenvalue weighted by molar-refractivity contribution is 9.10. The average Bonchev–Trinajstić information content (AvgIpc) is 2.37. The summed E-state index contributed by atoms with van der Waals surface area (Å²) in [5, 5.41) is 10.9. The number of nitrogens with two attached hydrogens (primary N) is 1. The molecule has 0 saturated heterocycles. The van der Waals surface area contributed by atoms with Gasteiger partial charge in [0.25, 0.3) is 5.91 Å². The van der Waals surface area contributed by atoms with E-state index in [1.54, 1.807) is 13.8 Å². The fourth-order valence-electron chi connectivity index (χ4n) is 1.47. The summed E-state index contributed by atoms with van der Waals surface area (Å²) in [7, 11) is 0. The van der Waals surface area contributed by atoms with Crippen LogP contribution in [-0.2, 0) is 4.79 Å². The van der Waals surface area contributed by atoms with Crippen molar-refractivity contribution in [1.29, 1.82) is 0 Å². The van der Waals surface area contributed by atoms with Gasteiger partial charge in [0.2, 0.25) is 5.75 Å². The van der Waals surface area contributed by atoms with Gasteiger partial charge in [0.1, 0.15) is 5.82 Å². The van der Waals surface area contributed by atoms with E-state index in [4.69, 9.17) is 10.6 Å². The summed E-state index contributed by atoms with van der Waals surface area (Å²) in [5.41, 5.74) is 1.45.